The van der Waals surface area contributed by atoms with E-state index in [1.54, 1.807) is 4.31 Å². The quantitative estimate of drug-likeness (QED) is 0.771. The molecule has 2 fully saturated rings. The van der Waals surface area contributed by atoms with Crippen molar-refractivity contribution in [1.29, 1.82) is 0 Å². The summed E-state index contributed by atoms with van der Waals surface area (Å²) < 4.78 is 28.8. The van der Waals surface area contributed by atoms with Gasteiger partial charge in [0.2, 0.25) is 0 Å². The lowest BCUT2D eigenvalue weighted by Gasteiger charge is -2.41. The van der Waals surface area contributed by atoms with Gasteiger partial charge in [0.25, 0.3) is 10.2 Å². The van der Waals surface area contributed by atoms with Gasteiger partial charge < -0.3 is 5.73 Å². The van der Waals surface area contributed by atoms with E-state index in [0.29, 0.717) is 25.6 Å². The summed E-state index contributed by atoms with van der Waals surface area (Å²) >= 11 is 0. The van der Waals surface area contributed by atoms with Gasteiger partial charge in [-0.3, -0.25) is 0 Å². The standard InChI is InChI=1S/C11H23N3O2S/c1-11(5-2-6-11)13-17(15,16)14-7-3-10(9-12)4-8-14/h10,13H,2-9,12H2,1H3. The molecule has 0 aromatic heterocycles. The number of nitrogens with zero attached hydrogens (tertiary/aromatic N) is 1. The van der Waals surface area contributed by atoms with Crippen LogP contribution in [0.3, 0.4) is 0 Å². The second kappa shape index (κ2) is 4.84. The van der Waals surface area contributed by atoms with Gasteiger partial charge in [-0.1, -0.05) is 0 Å². The molecular formula is C11H23N3O2S. The molecule has 6 heteroatoms. The summed E-state index contributed by atoms with van der Waals surface area (Å²) in [5.41, 5.74) is 5.40. The Morgan fingerprint density at radius 2 is 1.94 bits per heavy atom. The van der Waals surface area contributed by atoms with Crippen LogP contribution in [0.2, 0.25) is 0 Å². The molecule has 2 aliphatic rings. The van der Waals surface area contributed by atoms with Gasteiger partial charge in [0.05, 0.1) is 0 Å². The maximum absolute atomic E-state index is 12.2. The molecule has 0 spiro atoms. The van der Waals surface area contributed by atoms with Gasteiger partial charge in [0, 0.05) is 18.6 Å². The van der Waals surface area contributed by atoms with Gasteiger partial charge in [0.15, 0.2) is 0 Å². The summed E-state index contributed by atoms with van der Waals surface area (Å²) in [5, 5.41) is 0. The molecule has 0 amide bonds. The predicted octanol–water partition coefficient (Wildman–Crippen LogP) is 0.434. The van der Waals surface area contributed by atoms with E-state index < -0.39 is 10.2 Å². The minimum atomic E-state index is -3.29. The first-order valence-corrected chi connectivity index (χ1v) is 7.88. The fraction of sp³-hybridized carbons (Fsp3) is 1.00. The molecule has 0 aromatic rings. The summed E-state index contributed by atoms with van der Waals surface area (Å²) in [6.45, 7) is 3.86. The van der Waals surface area contributed by atoms with Gasteiger partial charge in [-0.05, 0) is 51.5 Å². The Labute approximate surface area is 104 Å². The van der Waals surface area contributed by atoms with Crippen LogP contribution in [-0.4, -0.2) is 37.9 Å². The maximum Gasteiger partial charge on any atom is 0.279 e. The second-order valence-electron chi connectivity index (χ2n) is 5.60. The van der Waals surface area contributed by atoms with E-state index in [-0.39, 0.29) is 5.54 Å². The first-order chi connectivity index (χ1) is 7.95. The predicted molar refractivity (Wildman–Crippen MR) is 67.7 cm³/mol. The molecule has 17 heavy (non-hydrogen) atoms. The third kappa shape index (κ3) is 2.99. The summed E-state index contributed by atoms with van der Waals surface area (Å²) in [5.74, 6) is 0.487. The zero-order valence-corrected chi connectivity index (χ0v) is 11.3. The van der Waals surface area contributed by atoms with E-state index in [9.17, 15) is 8.42 Å². The van der Waals surface area contributed by atoms with Gasteiger partial charge in [-0.2, -0.15) is 17.4 Å². The summed E-state index contributed by atoms with van der Waals surface area (Å²) in [6, 6.07) is 0. The van der Waals surface area contributed by atoms with E-state index >= 15 is 0 Å². The fourth-order valence-electron chi connectivity index (χ4n) is 2.57. The third-order valence-corrected chi connectivity index (χ3v) is 5.87. The highest BCUT2D eigenvalue weighted by molar-refractivity contribution is 7.87. The van der Waals surface area contributed by atoms with Crippen LogP contribution < -0.4 is 10.5 Å². The van der Waals surface area contributed by atoms with Crippen molar-refractivity contribution in [1.82, 2.24) is 9.03 Å². The molecule has 0 radical (unpaired) electrons. The van der Waals surface area contributed by atoms with Crippen molar-refractivity contribution in [2.24, 2.45) is 11.7 Å². The molecule has 0 atom stereocenters. The van der Waals surface area contributed by atoms with Gasteiger partial charge in [0.1, 0.15) is 0 Å². The Morgan fingerprint density at radius 1 is 1.35 bits per heavy atom. The molecule has 2 rings (SSSR count). The first-order valence-electron chi connectivity index (χ1n) is 6.44. The van der Waals surface area contributed by atoms with E-state index in [2.05, 4.69) is 4.72 Å². The molecule has 1 heterocycles. The van der Waals surface area contributed by atoms with E-state index in [0.717, 1.165) is 32.1 Å². The Hall–Kier alpha value is -0.170. The van der Waals surface area contributed by atoms with E-state index in [1.807, 2.05) is 6.92 Å². The van der Waals surface area contributed by atoms with Crippen LogP contribution in [0.4, 0.5) is 0 Å². The van der Waals surface area contributed by atoms with Crippen LogP contribution in [0.15, 0.2) is 0 Å². The molecule has 3 N–H and O–H groups in total. The number of nitrogens with two attached hydrogens (primary N) is 1. The lowest BCUT2D eigenvalue weighted by molar-refractivity contribution is 0.228. The largest absolute Gasteiger partial charge is 0.330 e. The van der Waals surface area contributed by atoms with Gasteiger partial charge >= 0.3 is 0 Å². The fourth-order valence-corrected chi connectivity index (χ4v) is 4.22. The Balaban J connectivity index is 1.92. The summed E-state index contributed by atoms with van der Waals surface area (Å²) in [7, 11) is -3.29. The molecule has 1 saturated heterocycles. The molecule has 0 bridgehead atoms. The smallest absolute Gasteiger partial charge is 0.279 e. The first kappa shape index (κ1) is 13.3. The Kier molecular flexibility index (Phi) is 3.77. The van der Waals surface area contributed by atoms with Crippen LogP contribution in [0.25, 0.3) is 0 Å². The van der Waals surface area contributed by atoms with Crippen molar-refractivity contribution in [3.8, 4) is 0 Å². The topological polar surface area (TPSA) is 75.4 Å². The van der Waals surface area contributed by atoms with Crippen molar-refractivity contribution in [3.63, 3.8) is 0 Å². The molecule has 0 unspecified atom stereocenters. The van der Waals surface area contributed by atoms with Crippen LogP contribution in [-0.2, 0) is 10.2 Å². The number of piperidine rings is 1. The van der Waals surface area contributed by atoms with Crippen LogP contribution in [0.1, 0.15) is 39.0 Å². The zero-order valence-electron chi connectivity index (χ0n) is 10.5. The lowest BCUT2D eigenvalue weighted by Crippen LogP contribution is -2.56. The monoisotopic (exact) mass is 261 g/mol. The zero-order chi connectivity index (χ0) is 12.5. The SMILES string of the molecule is CC1(NS(=O)(=O)N2CCC(CN)CC2)CCC1. The molecule has 100 valence electrons. The van der Waals surface area contributed by atoms with Crippen LogP contribution in [0, 0.1) is 5.92 Å². The highest BCUT2D eigenvalue weighted by Gasteiger charge is 2.38. The van der Waals surface area contributed by atoms with Crippen molar-refractivity contribution in [3.05, 3.63) is 0 Å². The minimum absolute atomic E-state index is 0.205. The molecule has 1 aliphatic carbocycles. The number of nitrogens with one attached hydrogen (secondary N) is 1. The lowest BCUT2D eigenvalue weighted by atomic mass is 9.80. The number of hydrogen-bond donors (Lipinski definition) is 2. The normalized spacial score (nSPS) is 26.7. The summed E-state index contributed by atoms with van der Waals surface area (Å²) in [6.07, 6.45) is 4.79. The van der Waals surface area contributed by atoms with Crippen molar-refractivity contribution in [2.75, 3.05) is 19.6 Å². The molecule has 5 nitrogen and oxygen atoms in total. The average molecular weight is 261 g/mol. The van der Waals surface area contributed by atoms with E-state index in [4.69, 9.17) is 5.73 Å². The van der Waals surface area contributed by atoms with Crippen LogP contribution in [0.5, 0.6) is 0 Å². The maximum atomic E-state index is 12.2. The highest BCUT2D eigenvalue weighted by Crippen LogP contribution is 2.32. The molecular weight excluding hydrogens is 238 g/mol. The Bertz CT molecular complexity index is 357. The summed E-state index contributed by atoms with van der Waals surface area (Å²) in [4.78, 5) is 0. The third-order valence-electron chi connectivity index (χ3n) is 4.08. The van der Waals surface area contributed by atoms with Gasteiger partial charge in [-0.25, -0.2) is 0 Å². The highest BCUT2D eigenvalue weighted by atomic mass is 32.2. The molecule has 1 aliphatic heterocycles. The second-order valence-corrected chi connectivity index (χ2v) is 7.27. The number of rotatable bonds is 4. The minimum Gasteiger partial charge on any atom is -0.330 e. The van der Waals surface area contributed by atoms with Gasteiger partial charge in [-0.15, -0.1) is 0 Å². The van der Waals surface area contributed by atoms with Crippen molar-refractivity contribution < 1.29 is 8.42 Å². The number of hydrogen-bond acceptors (Lipinski definition) is 3. The molecule has 1 saturated carbocycles. The average Bonchev–Trinajstić information content (AvgIpc) is 2.26. The Morgan fingerprint density at radius 3 is 2.35 bits per heavy atom. The van der Waals surface area contributed by atoms with Crippen molar-refractivity contribution >= 4 is 10.2 Å². The molecule has 0 aromatic carbocycles. The van der Waals surface area contributed by atoms with Crippen LogP contribution >= 0.6 is 0 Å². The van der Waals surface area contributed by atoms with Crippen molar-refractivity contribution in [2.45, 2.75) is 44.6 Å². The van der Waals surface area contributed by atoms with E-state index in [1.165, 1.54) is 0 Å².